The number of benzene rings is 1. The first kappa shape index (κ1) is 16.7. The smallest absolute Gasteiger partial charge is 0.253 e. The molecule has 0 spiro atoms. The summed E-state index contributed by atoms with van der Waals surface area (Å²) in [4.78, 5) is 14.0. The molecule has 0 aromatic heterocycles. The van der Waals surface area contributed by atoms with Gasteiger partial charge in [0.1, 0.15) is 0 Å². The van der Waals surface area contributed by atoms with Crippen molar-refractivity contribution >= 4 is 15.9 Å². The normalized spacial score (nSPS) is 11.4. The molecule has 112 valence electrons. The number of hydrogen-bond donors (Lipinski definition) is 1. The van der Waals surface area contributed by atoms with Crippen molar-refractivity contribution < 1.29 is 13.2 Å². The van der Waals surface area contributed by atoms with Gasteiger partial charge in [-0.1, -0.05) is 19.9 Å². The van der Waals surface area contributed by atoms with Crippen LogP contribution in [-0.4, -0.2) is 39.4 Å². The minimum absolute atomic E-state index is 0.123. The lowest BCUT2D eigenvalue weighted by atomic mass is 10.1. The standard InChI is InChI=1S/C14H22N2O3S/c1-5-9-16(4)14(17)13-10-12(8-7-11(13)3)20(18,19)15-6-2/h7-8,10,15H,5-6,9H2,1-4H3. The second kappa shape index (κ2) is 6.85. The molecular weight excluding hydrogens is 276 g/mol. The van der Waals surface area contributed by atoms with Crippen LogP contribution >= 0.6 is 0 Å². The van der Waals surface area contributed by atoms with Crippen LogP contribution in [0.3, 0.4) is 0 Å². The van der Waals surface area contributed by atoms with E-state index in [2.05, 4.69) is 4.72 Å². The van der Waals surface area contributed by atoms with Gasteiger partial charge >= 0.3 is 0 Å². The van der Waals surface area contributed by atoms with Crippen LogP contribution in [0.4, 0.5) is 0 Å². The average Bonchev–Trinajstić information content (AvgIpc) is 2.38. The van der Waals surface area contributed by atoms with E-state index in [9.17, 15) is 13.2 Å². The fraction of sp³-hybridized carbons (Fsp3) is 0.500. The van der Waals surface area contributed by atoms with Crippen molar-refractivity contribution in [1.29, 1.82) is 0 Å². The van der Waals surface area contributed by atoms with Gasteiger partial charge in [0, 0.05) is 25.7 Å². The van der Waals surface area contributed by atoms with E-state index in [4.69, 9.17) is 0 Å². The van der Waals surface area contributed by atoms with E-state index in [0.717, 1.165) is 12.0 Å². The summed E-state index contributed by atoms with van der Waals surface area (Å²) in [5.74, 6) is -0.155. The Labute approximate surface area is 121 Å². The van der Waals surface area contributed by atoms with Crippen molar-refractivity contribution in [3.63, 3.8) is 0 Å². The zero-order valence-electron chi connectivity index (χ0n) is 12.4. The molecule has 5 nitrogen and oxygen atoms in total. The molecule has 0 aliphatic rings. The van der Waals surface area contributed by atoms with Gasteiger partial charge in [0.15, 0.2) is 0 Å². The highest BCUT2D eigenvalue weighted by Gasteiger charge is 2.19. The molecule has 0 aliphatic heterocycles. The van der Waals surface area contributed by atoms with Crippen LogP contribution in [0.5, 0.6) is 0 Å². The van der Waals surface area contributed by atoms with Crippen LogP contribution in [0.2, 0.25) is 0 Å². The summed E-state index contributed by atoms with van der Waals surface area (Å²) in [6, 6.07) is 4.63. The Hall–Kier alpha value is -1.40. The summed E-state index contributed by atoms with van der Waals surface area (Å²) in [5, 5.41) is 0. The third-order valence-electron chi connectivity index (χ3n) is 2.99. The summed E-state index contributed by atoms with van der Waals surface area (Å²) in [6.07, 6.45) is 0.858. The van der Waals surface area contributed by atoms with Gasteiger partial charge in [0.2, 0.25) is 10.0 Å². The molecule has 1 amide bonds. The summed E-state index contributed by atoms with van der Waals surface area (Å²) >= 11 is 0. The summed E-state index contributed by atoms with van der Waals surface area (Å²) in [5.41, 5.74) is 1.20. The number of hydrogen-bond acceptors (Lipinski definition) is 3. The van der Waals surface area contributed by atoms with E-state index in [-0.39, 0.29) is 10.8 Å². The van der Waals surface area contributed by atoms with Gasteiger partial charge in [-0.25, -0.2) is 13.1 Å². The summed E-state index contributed by atoms with van der Waals surface area (Å²) in [6.45, 7) is 6.46. The van der Waals surface area contributed by atoms with E-state index in [1.165, 1.54) is 12.1 Å². The first-order valence-corrected chi connectivity index (χ1v) is 8.17. The van der Waals surface area contributed by atoms with Crippen LogP contribution < -0.4 is 4.72 Å². The Morgan fingerprint density at radius 2 is 1.95 bits per heavy atom. The highest BCUT2D eigenvalue weighted by Crippen LogP contribution is 2.17. The van der Waals surface area contributed by atoms with Crippen LogP contribution in [0.1, 0.15) is 36.2 Å². The minimum atomic E-state index is -3.54. The maximum absolute atomic E-state index is 12.3. The lowest BCUT2D eigenvalue weighted by Crippen LogP contribution is -2.29. The molecule has 0 fully saturated rings. The molecule has 0 heterocycles. The van der Waals surface area contributed by atoms with Gasteiger partial charge < -0.3 is 4.90 Å². The van der Waals surface area contributed by atoms with Gasteiger partial charge in [-0.3, -0.25) is 4.79 Å². The first-order chi connectivity index (χ1) is 9.33. The highest BCUT2D eigenvalue weighted by molar-refractivity contribution is 7.89. The fourth-order valence-corrected chi connectivity index (χ4v) is 2.98. The van der Waals surface area contributed by atoms with Crippen LogP contribution in [0.25, 0.3) is 0 Å². The third kappa shape index (κ3) is 3.80. The number of nitrogens with one attached hydrogen (secondary N) is 1. The highest BCUT2D eigenvalue weighted by atomic mass is 32.2. The SMILES string of the molecule is CCCN(C)C(=O)c1cc(S(=O)(=O)NCC)ccc1C. The second-order valence-corrected chi connectivity index (χ2v) is 6.47. The zero-order valence-corrected chi connectivity index (χ0v) is 13.3. The van der Waals surface area contributed by atoms with Crippen LogP contribution in [0, 0.1) is 6.92 Å². The van der Waals surface area contributed by atoms with Crippen molar-refractivity contribution in [2.45, 2.75) is 32.1 Å². The topological polar surface area (TPSA) is 66.5 Å². The molecule has 0 bridgehead atoms. The van der Waals surface area contributed by atoms with Crippen molar-refractivity contribution in [1.82, 2.24) is 9.62 Å². The molecule has 6 heteroatoms. The van der Waals surface area contributed by atoms with Gasteiger partial charge in [-0.05, 0) is 31.0 Å². The number of carbonyl (C=O) groups excluding carboxylic acids is 1. The van der Waals surface area contributed by atoms with E-state index < -0.39 is 10.0 Å². The Balaban J connectivity index is 3.19. The largest absolute Gasteiger partial charge is 0.342 e. The second-order valence-electron chi connectivity index (χ2n) is 4.70. The van der Waals surface area contributed by atoms with Crippen molar-refractivity contribution in [2.75, 3.05) is 20.1 Å². The summed E-state index contributed by atoms with van der Waals surface area (Å²) in [7, 11) is -1.82. The Morgan fingerprint density at radius 1 is 1.30 bits per heavy atom. The Morgan fingerprint density at radius 3 is 2.50 bits per heavy atom. The van der Waals surface area contributed by atoms with Crippen LogP contribution in [-0.2, 0) is 10.0 Å². The quantitative estimate of drug-likeness (QED) is 0.870. The maximum Gasteiger partial charge on any atom is 0.253 e. The molecule has 0 atom stereocenters. The number of sulfonamides is 1. The molecule has 1 aromatic carbocycles. The molecular formula is C14H22N2O3S. The molecule has 0 saturated carbocycles. The molecule has 0 aliphatic carbocycles. The molecule has 1 rings (SSSR count). The maximum atomic E-state index is 12.3. The molecule has 0 saturated heterocycles. The van der Waals surface area contributed by atoms with Crippen molar-refractivity contribution in [3.8, 4) is 0 Å². The van der Waals surface area contributed by atoms with Crippen molar-refractivity contribution in [2.24, 2.45) is 0 Å². The molecule has 0 radical (unpaired) electrons. The van der Waals surface area contributed by atoms with Crippen molar-refractivity contribution in [3.05, 3.63) is 29.3 Å². The number of carbonyl (C=O) groups is 1. The first-order valence-electron chi connectivity index (χ1n) is 6.69. The minimum Gasteiger partial charge on any atom is -0.342 e. The lowest BCUT2D eigenvalue weighted by molar-refractivity contribution is 0.0794. The van der Waals surface area contributed by atoms with E-state index in [1.54, 1.807) is 31.9 Å². The Bertz CT molecular complexity index is 582. The lowest BCUT2D eigenvalue weighted by Gasteiger charge is -2.18. The number of aryl methyl sites for hydroxylation is 1. The molecule has 20 heavy (non-hydrogen) atoms. The Kier molecular flexibility index (Phi) is 5.71. The van der Waals surface area contributed by atoms with Gasteiger partial charge in [0.05, 0.1) is 4.90 Å². The molecule has 0 unspecified atom stereocenters. The fourth-order valence-electron chi connectivity index (χ4n) is 1.91. The van der Waals surface area contributed by atoms with E-state index in [1.807, 2.05) is 6.92 Å². The number of nitrogens with zero attached hydrogens (tertiary/aromatic N) is 1. The van der Waals surface area contributed by atoms with Gasteiger partial charge in [-0.15, -0.1) is 0 Å². The number of rotatable bonds is 6. The van der Waals surface area contributed by atoms with Crippen LogP contribution in [0.15, 0.2) is 23.1 Å². The molecule has 1 N–H and O–H groups in total. The predicted octanol–water partition coefficient (Wildman–Crippen LogP) is 1.78. The van der Waals surface area contributed by atoms with Gasteiger partial charge in [-0.2, -0.15) is 0 Å². The van der Waals surface area contributed by atoms with E-state index in [0.29, 0.717) is 18.7 Å². The zero-order chi connectivity index (χ0) is 15.3. The monoisotopic (exact) mass is 298 g/mol. The average molecular weight is 298 g/mol. The third-order valence-corrected chi connectivity index (χ3v) is 4.53. The number of amides is 1. The van der Waals surface area contributed by atoms with Gasteiger partial charge in [0.25, 0.3) is 5.91 Å². The predicted molar refractivity (Wildman–Crippen MR) is 79.3 cm³/mol. The van der Waals surface area contributed by atoms with E-state index >= 15 is 0 Å². The molecule has 1 aromatic rings. The summed E-state index contributed by atoms with van der Waals surface area (Å²) < 4.78 is 26.4.